The normalized spacial score (nSPS) is 25.8. The zero-order valence-electron chi connectivity index (χ0n) is 11.3. The van der Waals surface area contributed by atoms with Gasteiger partial charge < -0.3 is 4.74 Å². The van der Waals surface area contributed by atoms with Gasteiger partial charge in [-0.15, -0.1) is 0 Å². The van der Waals surface area contributed by atoms with Crippen molar-refractivity contribution in [2.24, 2.45) is 5.41 Å². The van der Waals surface area contributed by atoms with Crippen molar-refractivity contribution in [2.75, 3.05) is 6.61 Å². The van der Waals surface area contributed by atoms with Crippen LogP contribution >= 0.6 is 0 Å². The molecule has 1 aliphatic rings. The van der Waals surface area contributed by atoms with Gasteiger partial charge in [0.1, 0.15) is 0 Å². The van der Waals surface area contributed by atoms with E-state index in [0.717, 1.165) is 13.0 Å². The molecule has 2 atom stereocenters. The molecule has 94 valence electrons. The average Bonchev–Trinajstić information content (AvgIpc) is 2.28. The van der Waals surface area contributed by atoms with Gasteiger partial charge in [0.25, 0.3) is 0 Å². The molecule has 0 aromatic heterocycles. The summed E-state index contributed by atoms with van der Waals surface area (Å²) in [6, 6.07) is 10.9. The summed E-state index contributed by atoms with van der Waals surface area (Å²) in [5.74, 6) is 0.692. The van der Waals surface area contributed by atoms with Crippen LogP contribution in [0.3, 0.4) is 0 Å². The van der Waals surface area contributed by atoms with Gasteiger partial charge in [-0.2, -0.15) is 0 Å². The highest BCUT2D eigenvalue weighted by Gasteiger charge is 2.27. The zero-order chi connectivity index (χ0) is 12.3. The van der Waals surface area contributed by atoms with Crippen molar-refractivity contribution in [2.45, 2.75) is 52.1 Å². The van der Waals surface area contributed by atoms with Crippen molar-refractivity contribution in [3.8, 4) is 0 Å². The Morgan fingerprint density at radius 1 is 1.18 bits per heavy atom. The smallest absolute Gasteiger partial charge is 0.0586 e. The van der Waals surface area contributed by atoms with Crippen molar-refractivity contribution in [1.82, 2.24) is 0 Å². The second-order valence-electron chi connectivity index (χ2n) is 6.39. The van der Waals surface area contributed by atoms with Crippen LogP contribution in [0.2, 0.25) is 0 Å². The Morgan fingerprint density at radius 3 is 2.53 bits per heavy atom. The van der Waals surface area contributed by atoms with Crippen molar-refractivity contribution in [3.05, 3.63) is 35.9 Å². The van der Waals surface area contributed by atoms with E-state index in [-0.39, 0.29) is 0 Å². The molecule has 1 aliphatic heterocycles. The second kappa shape index (κ2) is 5.22. The van der Waals surface area contributed by atoms with Crippen LogP contribution in [0.25, 0.3) is 0 Å². The van der Waals surface area contributed by atoms with E-state index in [2.05, 4.69) is 51.1 Å². The topological polar surface area (TPSA) is 9.23 Å². The maximum absolute atomic E-state index is 5.91. The predicted molar refractivity (Wildman–Crippen MR) is 72.2 cm³/mol. The summed E-state index contributed by atoms with van der Waals surface area (Å²) in [6.07, 6.45) is 3.95. The van der Waals surface area contributed by atoms with Crippen LogP contribution in [0.1, 0.15) is 51.5 Å². The average molecular weight is 232 g/mol. The Balaban J connectivity index is 1.98. The van der Waals surface area contributed by atoms with Crippen LogP contribution < -0.4 is 0 Å². The fourth-order valence-electron chi connectivity index (χ4n) is 2.73. The minimum atomic E-state index is 0.364. The first-order chi connectivity index (χ1) is 8.04. The summed E-state index contributed by atoms with van der Waals surface area (Å²) < 4.78 is 5.91. The second-order valence-corrected chi connectivity index (χ2v) is 6.39. The van der Waals surface area contributed by atoms with Crippen LogP contribution in [-0.4, -0.2) is 12.7 Å². The highest BCUT2D eigenvalue weighted by molar-refractivity contribution is 5.20. The Labute approximate surface area is 105 Å². The highest BCUT2D eigenvalue weighted by Crippen LogP contribution is 2.34. The molecule has 0 aliphatic carbocycles. The first-order valence-electron chi connectivity index (χ1n) is 6.71. The first-order valence-corrected chi connectivity index (χ1v) is 6.71. The largest absolute Gasteiger partial charge is 0.378 e. The Morgan fingerprint density at radius 2 is 1.88 bits per heavy atom. The SMILES string of the molecule is CC(C)(C)C[C@@H]1C[C@H](c2ccccc2)CCO1. The van der Waals surface area contributed by atoms with Gasteiger partial charge in [-0.05, 0) is 36.2 Å². The van der Waals surface area contributed by atoms with E-state index < -0.39 is 0 Å². The lowest BCUT2D eigenvalue weighted by atomic mass is 9.82. The molecule has 1 heteroatoms. The molecule has 0 radical (unpaired) electrons. The zero-order valence-corrected chi connectivity index (χ0v) is 11.3. The fourth-order valence-corrected chi connectivity index (χ4v) is 2.73. The van der Waals surface area contributed by atoms with E-state index in [1.807, 2.05) is 0 Å². The van der Waals surface area contributed by atoms with Crippen LogP contribution in [-0.2, 0) is 4.74 Å². The number of benzene rings is 1. The molecule has 1 nitrogen and oxygen atoms in total. The molecule has 0 N–H and O–H groups in total. The van der Waals surface area contributed by atoms with Gasteiger partial charge in [-0.3, -0.25) is 0 Å². The minimum Gasteiger partial charge on any atom is -0.378 e. The fraction of sp³-hybridized carbons (Fsp3) is 0.625. The van der Waals surface area contributed by atoms with E-state index in [1.165, 1.54) is 18.4 Å². The molecule has 0 unspecified atom stereocenters. The van der Waals surface area contributed by atoms with E-state index >= 15 is 0 Å². The van der Waals surface area contributed by atoms with Gasteiger partial charge in [0.05, 0.1) is 6.10 Å². The number of rotatable bonds is 2. The summed E-state index contributed by atoms with van der Waals surface area (Å²) in [5, 5.41) is 0. The standard InChI is InChI=1S/C16H24O/c1-16(2,3)12-15-11-14(9-10-17-15)13-7-5-4-6-8-13/h4-8,14-15H,9-12H2,1-3H3/t14-,15+/m1/s1. The molecule has 1 saturated heterocycles. The summed E-state index contributed by atoms with van der Waals surface area (Å²) in [5.41, 5.74) is 1.85. The van der Waals surface area contributed by atoms with E-state index in [9.17, 15) is 0 Å². The van der Waals surface area contributed by atoms with Crippen LogP contribution in [0, 0.1) is 5.41 Å². The van der Waals surface area contributed by atoms with Gasteiger partial charge >= 0.3 is 0 Å². The van der Waals surface area contributed by atoms with Crippen LogP contribution in [0.5, 0.6) is 0 Å². The predicted octanol–water partition coefficient (Wildman–Crippen LogP) is 4.39. The number of hydrogen-bond acceptors (Lipinski definition) is 1. The third kappa shape index (κ3) is 3.85. The van der Waals surface area contributed by atoms with Crippen LogP contribution in [0.4, 0.5) is 0 Å². The van der Waals surface area contributed by atoms with Gasteiger partial charge in [0, 0.05) is 6.61 Å². The lowest BCUT2D eigenvalue weighted by molar-refractivity contribution is -0.0154. The van der Waals surface area contributed by atoms with E-state index in [0.29, 0.717) is 17.4 Å². The third-order valence-corrected chi connectivity index (χ3v) is 3.48. The van der Waals surface area contributed by atoms with Crippen molar-refractivity contribution >= 4 is 0 Å². The molecule has 0 spiro atoms. The molecule has 0 bridgehead atoms. The summed E-state index contributed by atoms with van der Waals surface area (Å²) >= 11 is 0. The quantitative estimate of drug-likeness (QED) is 0.735. The number of ether oxygens (including phenoxy) is 1. The molecular weight excluding hydrogens is 208 g/mol. The first kappa shape index (κ1) is 12.6. The molecule has 1 aromatic carbocycles. The minimum absolute atomic E-state index is 0.364. The lowest BCUT2D eigenvalue weighted by Gasteiger charge is -2.33. The summed E-state index contributed by atoms with van der Waals surface area (Å²) in [6.45, 7) is 7.80. The molecule has 1 heterocycles. The van der Waals surface area contributed by atoms with E-state index in [1.54, 1.807) is 0 Å². The van der Waals surface area contributed by atoms with Crippen molar-refractivity contribution in [3.63, 3.8) is 0 Å². The summed E-state index contributed by atoms with van der Waals surface area (Å²) in [7, 11) is 0. The Hall–Kier alpha value is -0.820. The van der Waals surface area contributed by atoms with Crippen molar-refractivity contribution in [1.29, 1.82) is 0 Å². The third-order valence-electron chi connectivity index (χ3n) is 3.48. The maximum Gasteiger partial charge on any atom is 0.0586 e. The molecule has 17 heavy (non-hydrogen) atoms. The number of hydrogen-bond donors (Lipinski definition) is 0. The highest BCUT2D eigenvalue weighted by atomic mass is 16.5. The summed E-state index contributed by atoms with van der Waals surface area (Å²) in [4.78, 5) is 0. The Bertz CT molecular complexity index is 336. The molecule has 1 fully saturated rings. The molecule has 0 amide bonds. The molecule has 2 rings (SSSR count). The van der Waals surface area contributed by atoms with Gasteiger partial charge in [-0.1, -0.05) is 51.1 Å². The van der Waals surface area contributed by atoms with Gasteiger partial charge in [-0.25, -0.2) is 0 Å². The van der Waals surface area contributed by atoms with Crippen molar-refractivity contribution < 1.29 is 4.74 Å². The Kier molecular flexibility index (Phi) is 3.88. The van der Waals surface area contributed by atoms with Crippen LogP contribution in [0.15, 0.2) is 30.3 Å². The van der Waals surface area contributed by atoms with Gasteiger partial charge in [0.15, 0.2) is 0 Å². The monoisotopic (exact) mass is 232 g/mol. The van der Waals surface area contributed by atoms with E-state index in [4.69, 9.17) is 4.74 Å². The molecular formula is C16H24O. The maximum atomic E-state index is 5.91. The molecule has 0 saturated carbocycles. The lowest BCUT2D eigenvalue weighted by Crippen LogP contribution is -2.28. The molecule has 1 aromatic rings. The van der Waals surface area contributed by atoms with Gasteiger partial charge in [0.2, 0.25) is 0 Å².